The van der Waals surface area contributed by atoms with Gasteiger partial charge in [-0.05, 0) is 105 Å². The number of rotatable bonds is 22. The second-order valence-corrected chi connectivity index (χ2v) is 21.1. The van der Waals surface area contributed by atoms with Gasteiger partial charge in [0.2, 0.25) is 23.6 Å². The average Bonchev–Trinajstić information content (AvgIpc) is 4.15. The highest BCUT2D eigenvalue weighted by Crippen LogP contribution is 2.29. The van der Waals surface area contributed by atoms with Gasteiger partial charge in [-0.15, -0.1) is 11.3 Å². The number of carbonyl (C=O) groups is 5. The van der Waals surface area contributed by atoms with Crippen LogP contribution in [0.1, 0.15) is 139 Å². The third kappa shape index (κ3) is 14.3. The largest absolute Gasteiger partial charge is 0.391 e. The van der Waals surface area contributed by atoms with Gasteiger partial charge >= 0.3 is 0 Å². The minimum atomic E-state index is -0.859. The molecule has 2 fully saturated rings. The van der Waals surface area contributed by atoms with E-state index in [1.165, 1.54) is 17.7 Å². The molecule has 4 heterocycles. The first kappa shape index (κ1) is 51.9. The Bertz CT molecular complexity index is 2570. The van der Waals surface area contributed by atoms with Crippen molar-refractivity contribution in [3.05, 3.63) is 94.9 Å². The van der Waals surface area contributed by atoms with Gasteiger partial charge in [0.05, 0.1) is 39.8 Å². The molecule has 374 valence electrons. The lowest BCUT2D eigenvalue weighted by Crippen LogP contribution is -2.57. The third-order valence-electron chi connectivity index (χ3n) is 13.5. The molecular formula is C54H71N9O6S. The summed E-state index contributed by atoms with van der Waals surface area (Å²) in [5.41, 5.74) is 7.70. The molecule has 2 aromatic heterocycles. The summed E-state index contributed by atoms with van der Waals surface area (Å²) in [7, 11) is 0. The van der Waals surface area contributed by atoms with Crippen molar-refractivity contribution in [2.24, 2.45) is 5.41 Å². The number of β-amino-alcohol motifs (C(OH)–C–C–N with tert-alkyl or cyclic N) is 1. The molecule has 0 bridgehead atoms. The Balaban J connectivity index is 0.741. The Morgan fingerprint density at radius 2 is 1.53 bits per heavy atom. The second kappa shape index (κ2) is 24.2. The summed E-state index contributed by atoms with van der Waals surface area (Å²) >= 11 is 1.58. The summed E-state index contributed by atoms with van der Waals surface area (Å²) in [6, 6.07) is 19.4. The Morgan fingerprint density at radius 3 is 2.17 bits per heavy atom. The number of imidazole rings is 1. The number of benzene rings is 3. The van der Waals surface area contributed by atoms with Gasteiger partial charge in [-0.2, -0.15) is 0 Å². The molecule has 6 N–H and O–H groups in total. The topological polar surface area (TPSA) is 202 Å². The molecule has 5 amide bonds. The number of hydrogen-bond acceptors (Lipinski definition) is 10. The first-order chi connectivity index (χ1) is 33.6. The van der Waals surface area contributed by atoms with E-state index in [4.69, 9.17) is 4.98 Å². The van der Waals surface area contributed by atoms with Crippen molar-refractivity contribution < 1.29 is 29.1 Å². The number of likely N-dealkylation sites (tertiary alicyclic amines) is 2. The van der Waals surface area contributed by atoms with Gasteiger partial charge in [0.1, 0.15) is 17.9 Å². The number of anilines is 2. The molecule has 16 heteroatoms. The van der Waals surface area contributed by atoms with Crippen molar-refractivity contribution in [1.29, 1.82) is 0 Å². The normalized spacial score (nSPS) is 17.7. The maximum Gasteiger partial charge on any atom is 0.255 e. The molecule has 0 unspecified atom stereocenters. The van der Waals surface area contributed by atoms with Crippen molar-refractivity contribution in [3.8, 4) is 10.4 Å². The lowest BCUT2D eigenvalue weighted by atomic mass is 9.85. The van der Waals surface area contributed by atoms with E-state index in [-0.39, 0.29) is 49.0 Å². The van der Waals surface area contributed by atoms with E-state index in [1.807, 2.05) is 75.7 Å². The number of aliphatic hydroxyl groups is 1. The van der Waals surface area contributed by atoms with Crippen molar-refractivity contribution in [1.82, 2.24) is 35.4 Å². The van der Waals surface area contributed by atoms with E-state index in [1.54, 1.807) is 35.6 Å². The summed E-state index contributed by atoms with van der Waals surface area (Å²) in [5, 5.41) is 22.4. The predicted octanol–water partition coefficient (Wildman–Crippen LogP) is 8.88. The quantitative estimate of drug-likeness (QED) is 0.0367. The summed E-state index contributed by atoms with van der Waals surface area (Å²) in [6.07, 6.45) is 9.82. The SMILES string of the molecule is Cc1ncsc1-c1ccc(CNC(=O)[C@@H]2C[C@@H](O)CN2C(=O)[C@@H](NC(=O)CCCCCCCCCCC(=O)Nc2ccc(C(=O)Nc3ccc4[nH]c(CN5CCC[C@@H]5C)nc4c3)cc2)C(C)(C)C)cc1. The minimum Gasteiger partial charge on any atom is -0.391 e. The van der Waals surface area contributed by atoms with Crippen molar-refractivity contribution >= 4 is 63.3 Å². The van der Waals surface area contributed by atoms with Crippen LogP contribution in [-0.2, 0) is 32.3 Å². The van der Waals surface area contributed by atoms with E-state index in [0.29, 0.717) is 42.2 Å². The molecule has 2 aliphatic rings. The number of aromatic amines is 1. The number of fused-ring (bicyclic) bond motifs is 1. The maximum absolute atomic E-state index is 14.0. The summed E-state index contributed by atoms with van der Waals surface area (Å²) in [4.78, 5) is 83.8. The number of nitrogens with zero attached hydrogens (tertiary/aromatic N) is 4. The zero-order chi connectivity index (χ0) is 49.8. The smallest absolute Gasteiger partial charge is 0.255 e. The lowest BCUT2D eigenvalue weighted by Gasteiger charge is -2.35. The number of hydrogen-bond donors (Lipinski definition) is 6. The van der Waals surface area contributed by atoms with Crippen molar-refractivity contribution in [2.45, 2.75) is 155 Å². The Kier molecular flexibility index (Phi) is 18.0. The van der Waals surface area contributed by atoms with Crippen LogP contribution in [0.25, 0.3) is 21.5 Å². The van der Waals surface area contributed by atoms with Gasteiger partial charge in [0, 0.05) is 55.3 Å². The number of aliphatic hydroxyl groups excluding tert-OH is 1. The Hall–Kier alpha value is -5.97. The van der Waals surface area contributed by atoms with Gasteiger partial charge in [-0.25, -0.2) is 9.97 Å². The molecule has 2 aliphatic heterocycles. The van der Waals surface area contributed by atoms with Crippen molar-refractivity contribution in [3.63, 3.8) is 0 Å². The number of nitrogens with one attached hydrogen (secondary N) is 5. The zero-order valence-corrected chi connectivity index (χ0v) is 42.3. The van der Waals surface area contributed by atoms with Crippen molar-refractivity contribution in [2.75, 3.05) is 23.7 Å². The highest BCUT2D eigenvalue weighted by molar-refractivity contribution is 7.13. The van der Waals surface area contributed by atoms with E-state index in [9.17, 15) is 29.1 Å². The van der Waals surface area contributed by atoms with E-state index in [0.717, 1.165) is 96.6 Å². The number of unbranched alkanes of at least 4 members (excludes halogenated alkanes) is 7. The zero-order valence-electron chi connectivity index (χ0n) is 41.4. The molecule has 0 radical (unpaired) electrons. The van der Waals surface area contributed by atoms with Gasteiger partial charge < -0.3 is 36.3 Å². The predicted molar refractivity (Wildman–Crippen MR) is 276 cm³/mol. The number of thiazole rings is 1. The summed E-state index contributed by atoms with van der Waals surface area (Å²) < 4.78 is 0. The molecule has 0 spiro atoms. The van der Waals surface area contributed by atoms with Gasteiger partial charge in [0.15, 0.2) is 0 Å². The molecule has 70 heavy (non-hydrogen) atoms. The molecule has 0 saturated carbocycles. The van der Waals surface area contributed by atoms with Crippen LogP contribution in [0.3, 0.4) is 0 Å². The minimum absolute atomic E-state index is 0.0269. The van der Waals surface area contributed by atoms with Crippen LogP contribution in [0, 0.1) is 12.3 Å². The third-order valence-corrected chi connectivity index (χ3v) is 14.5. The van der Waals surface area contributed by atoms with Gasteiger partial charge in [0.25, 0.3) is 5.91 Å². The molecule has 4 atom stereocenters. The van der Waals surface area contributed by atoms with Crippen LogP contribution in [0.4, 0.5) is 11.4 Å². The lowest BCUT2D eigenvalue weighted by molar-refractivity contribution is -0.144. The van der Waals surface area contributed by atoms with Crippen LogP contribution in [-0.4, -0.2) is 96.7 Å². The molecule has 3 aromatic carbocycles. The van der Waals surface area contributed by atoms with Crippen LogP contribution >= 0.6 is 11.3 Å². The fourth-order valence-electron chi connectivity index (χ4n) is 9.41. The molecule has 5 aromatic rings. The summed E-state index contributed by atoms with van der Waals surface area (Å²) in [5.74, 6) is -0.282. The number of H-pyrrole nitrogens is 1. The first-order valence-corrected chi connectivity index (χ1v) is 26.0. The van der Waals surface area contributed by atoms with Gasteiger partial charge in [-0.1, -0.05) is 83.6 Å². The Labute approximate surface area is 416 Å². The standard InChI is InChI=1S/C54H71N9O6S/c1-35-15-14-28-62(35)33-46-59-43-27-26-41(29-44(43)60-46)58-51(67)39-22-24-40(25-23-39)57-47(65)16-12-10-8-6-7-9-11-13-17-48(66)61-50(54(3,4)5)53(69)63-32-42(64)30-45(63)52(68)55-31-37-18-20-38(21-19-37)49-36(2)56-34-70-49/h18-27,29,34-35,42,45,50,64H,6-17,28,30-33H2,1-5H3,(H,55,68)(H,57,65)(H,58,67)(H,59,60)(H,61,66)/t35-,42+,45-,50+/m0/s1. The van der Waals surface area contributed by atoms with Crippen LogP contribution < -0.4 is 21.3 Å². The monoisotopic (exact) mass is 974 g/mol. The molecule has 15 nitrogen and oxygen atoms in total. The number of amides is 5. The van der Waals surface area contributed by atoms with E-state index >= 15 is 0 Å². The highest BCUT2D eigenvalue weighted by atomic mass is 32.1. The fraction of sp³-hybridized carbons (Fsp3) is 0.500. The second-order valence-electron chi connectivity index (χ2n) is 20.2. The number of carbonyl (C=O) groups excluding carboxylic acids is 5. The van der Waals surface area contributed by atoms with E-state index < -0.39 is 23.6 Å². The molecule has 0 aliphatic carbocycles. The first-order valence-electron chi connectivity index (χ1n) is 25.1. The van der Waals surface area contributed by atoms with Gasteiger partial charge in [-0.3, -0.25) is 28.9 Å². The summed E-state index contributed by atoms with van der Waals surface area (Å²) in [6.45, 7) is 12.1. The highest BCUT2D eigenvalue weighted by Gasteiger charge is 2.44. The van der Waals surface area contributed by atoms with E-state index in [2.05, 4.69) is 43.1 Å². The maximum atomic E-state index is 14.0. The number of aryl methyl sites for hydroxylation is 1. The van der Waals surface area contributed by atoms with Crippen LogP contribution in [0.15, 0.2) is 72.2 Å². The van der Waals surface area contributed by atoms with Crippen LogP contribution in [0.5, 0.6) is 0 Å². The van der Waals surface area contributed by atoms with Crippen LogP contribution in [0.2, 0.25) is 0 Å². The Morgan fingerprint density at radius 1 is 0.857 bits per heavy atom. The fourth-order valence-corrected chi connectivity index (χ4v) is 10.2. The molecule has 2 saturated heterocycles. The molecular weight excluding hydrogens is 903 g/mol. The average molecular weight is 974 g/mol. The number of aromatic nitrogens is 3. The molecule has 7 rings (SSSR count).